The lowest BCUT2D eigenvalue weighted by Crippen LogP contribution is -2.21. The largest absolute Gasteiger partial charge is 0.478 e. The fourth-order valence-corrected chi connectivity index (χ4v) is 5.93. The summed E-state index contributed by atoms with van der Waals surface area (Å²) in [4.78, 5) is 15.5. The molecule has 1 fully saturated rings. The summed E-state index contributed by atoms with van der Waals surface area (Å²) in [6.45, 7) is 3.41. The number of hydrogen-bond acceptors (Lipinski definition) is 6. The minimum absolute atomic E-state index is 0.0668. The Morgan fingerprint density at radius 1 is 1.40 bits per heavy atom. The predicted molar refractivity (Wildman–Crippen MR) is 75.0 cm³/mol. The van der Waals surface area contributed by atoms with E-state index in [4.69, 9.17) is 0 Å². The van der Waals surface area contributed by atoms with Crippen molar-refractivity contribution in [3.63, 3.8) is 0 Å². The molecule has 0 saturated carbocycles. The zero-order chi connectivity index (χ0) is 15.1. The van der Waals surface area contributed by atoms with Crippen LogP contribution in [0.25, 0.3) is 0 Å². The standard InChI is InChI=1S/C12H15NO5S2/c1-6-3-7(2)13-11(10(6)12(15)16)19-9-5-20(17,18)4-8(9)14/h3,8-9,14H,4-5H2,1-2H3,(H,15,16). The molecule has 0 amide bonds. The number of aryl methyl sites for hydroxylation is 2. The number of carboxylic acids is 1. The second kappa shape index (κ2) is 5.34. The minimum Gasteiger partial charge on any atom is -0.478 e. The first-order valence-electron chi connectivity index (χ1n) is 5.96. The van der Waals surface area contributed by atoms with Crippen LogP contribution in [0.3, 0.4) is 0 Å². The number of sulfone groups is 1. The van der Waals surface area contributed by atoms with Gasteiger partial charge in [-0.25, -0.2) is 18.2 Å². The van der Waals surface area contributed by atoms with Crippen LogP contribution in [0, 0.1) is 13.8 Å². The topological polar surface area (TPSA) is 105 Å². The Kier molecular flexibility index (Phi) is 4.08. The van der Waals surface area contributed by atoms with E-state index in [9.17, 15) is 23.4 Å². The second-order valence-electron chi connectivity index (χ2n) is 4.87. The number of nitrogens with zero attached hydrogens (tertiary/aromatic N) is 1. The van der Waals surface area contributed by atoms with Crippen molar-refractivity contribution in [3.8, 4) is 0 Å². The Morgan fingerprint density at radius 2 is 2.05 bits per heavy atom. The lowest BCUT2D eigenvalue weighted by molar-refractivity contribution is 0.0691. The molecule has 8 heteroatoms. The number of aromatic nitrogens is 1. The first-order valence-corrected chi connectivity index (χ1v) is 8.66. The normalized spacial score (nSPS) is 24.8. The molecular formula is C12H15NO5S2. The molecule has 0 aromatic carbocycles. The third kappa shape index (κ3) is 3.13. The molecule has 110 valence electrons. The highest BCUT2D eigenvalue weighted by Crippen LogP contribution is 2.33. The number of hydrogen-bond donors (Lipinski definition) is 2. The molecule has 2 heterocycles. The van der Waals surface area contributed by atoms with Crippen molar-refractivity contribution in [1.29, 1.82) is 0 Å². The summed E-state index contributed by atoms with van der Waals surface area (Å²) in [5.41, 5.74) is 1.30. The lowest BCUT2D eigenvalue weighted by atomic mass is 10.1. The number of carbonyl (C=O) groups is 1. The zero-order valence-electron chi connectivity index (χ0n) is 11.0. The van der Waals surface area contributed by atoms with Crippen LogP contribution < -0.4 is 0 Å². The highest BCUT2D eigenvalue weighted by atomic mass is 32.2. The molecule has 0 radical (unpaired) electrons. The molecule has 1 aliphatic rings. The van der Waals surface area contributed by atoms with E-state index in [1.54, 1.807) is 19.9 Å². The highest BCUT2D eigenvalue weighted by Gasteiger charge is 2.38. The molecular weight excluding hydrogens is 302 g/mol. The second-order valence-corrected chi connectivity index (χ2v) is 8.25. The summed E-state index contributed by atoms with van der Waals surface area (Å²) >= 11 is 1.02. The van der Waals surface area contributed by atoms with E-state index in [0.29, 0.717) is 11.3 Å². The summed E-state index contributed by atoms with van der Waals surface area (Å²) in [5, 5.41) is 18.7. The minimum atomic E-state index is -3.26. The molecule has 1 aromatic rings. The van der Waals surface area contributed by atoms with Gasteiger partial charge in [0.1, 0.15) is 5.03 Å². The van der Waals surface area contributed by atoms with Gasteiger partial charge in [-0.2, -0.15) is 0 Å². The monoisotopic (exact) mass is 317 g/mol. The van der Waals surface area contributed by atoms with E-state index in [0.717, 1.165) is 11.8 Å². The van der Waals surface area contributed by atoms with Crippen LogP contribution in [-0.2, 0) is 9.84 Å². The van der Waals surface area contributed by atoms with Crippen molar-refractivity contribution >= 4 is 27.6 Å². The summed E-state index contributed by atoms with van der Waals surface area (Å²) in [6.07, 6.45) is -0.991. The van der Waals surface area contributed by atoms with E-state index >= 15 is 0 Å². The maximum absolute atomic E-state index is 11.5. The average Bonchev–Trinajstić information content (AvgIpc) is 2.49. The maximum atomic E-state index is 11.5. The SMILES string of the molecule is Cc1cc(C)c(C(=O)O)c(SC2CS(=O)(=O)CC2O)n1. The van der Waals surface area contributed by atoms with E-state index < -0.39 is 27.2 Å². The molecule has 1 aliphatic heterocycles. The number of pyridine rings is 1. The predicted octanol–water partition coefficient (Wildman–Crippen LogP) is 0.647. The molecule has 0 aliphatic carbocycles. The molecule has 0 bridgehead atoms. The Labute approximate surface area is 121 Å². The summed E-state index contributed by atoms with van der Waals surface area (Å²) < 4.78 is 23.0. The number of thioether (sulfide) groups is 1. The maximum Gasteiger partial charge on any atom is 0.338 e. The van der Waals surface area contributed by atoms with Gasteiger partial charge in [-0.1, -0.05) is 11.8 Å². The summed E-state index contributed by atoms with van der Waals surface area (Å²) in [6, 6.07) is 1.66. The van der Waals surface area contributed by atoms with Crippen LogP contribution in [0.1, 0.15) is 21.6 Å². The van der Waals surface area contributed by atoms with E-state index in [-0.39, 0.29) is 22.1 Å². The molecule has 1 saturated heterocycles. The van der Waals surface area contributed by atoms with Gasteiger partial charge >= 0.3 is 5.97 Å². The van der Waals surface area contributed by atoms with Crippen LogP contribution in [0.2, 0.25) is 0 Å². The number of aromatic carboxylic acids is 1. The van der Waals surface area contributed by atoms with Crippen molar-refractivity contribution < 1.29 is 23.4 Å². The zero-order valence-corrected chi connectivity index (χ0v) is 12.7. The number of carboxylic acid groups (broad SMARTS) is 1. The Hall–Kier alpha value is -1.12. The fourth-order valence-electron chi connectivity index (χ4n) is 2.20. The molecule has 2 atom stereocenters. The summed E-state index contributed by atoms with van der Waals surface area (Å²) in [7, 11) is -3.26. The Balaban J connectivity index is 2.37. The molecule has 1 aromatic heterocycles. The first kappa shape index (κ1) is 15.3. The van der Waals surface area contributed by atoms with Crippen LogP contribution in [0.5, 0.6) is 0 Å². The van der Waals surface area contributed by atoms with Crippen molar-refractivity contribution in [2.45, 2.75) is 30.2 Å². The molecule has 0 spiro atoms. The van der Waals surface area contributed by atoms with E-state index in [1.165, 1.54) is 0 Å². The van der Waals surface area contributed by atoms with Gasteiger partial charge in [-0.05, 0) is 25.5 Å². The molecule has 6 nitrogen and oxygen atoms in total. The fraction of sp³-hybridized carbons (Fsp3) is 0.500. The van der Waals surface area contributed by atoms with Gasteiger partial charge in [0.25, 0.3) is 0 Å². The molecule has 20 heavy (non-hydrogen) atoms. The number of rotatable bonds is 3. The van der Waals surface area contributed by atoms with E-state index in [2.05, 4.69) is 4.98 Å². The molecule has 2 unspecified atom stereocenters. The third-order valence-corrected chi connectivity index (χ3v) is 6.29. The van der Waals surface area contributed by atoms with Gasteiger partial charge in [-0.3, -0.25) is 0 Å². The van der Waals surface area contributed by atoms with Gasteiger partial charge < -0.3 is 10.2 Å². The van der Waals surface area contributed by atoms with Crippen molar-refractivity contribution in [2.24, 2.45) is 0 Å². The lowest BCUT2D eigenvalue weighted by Gasteiger charge is -2.15. The third-order valence-electron chi connectivity index (χ3n) is 3.06. The van der Waals surface area contributed by atoms with Crippen LogP contribution >= 0.6 is 11.8 Å². The van der Waals surface area contributed by atoms with Crippen molar-refractivity contribution in [1.82, 2.24) is 4.98 Å². The van der Waals surface area contributed by atoms with Crippen molar-refractivity contribution in [3.05, 3.63) is 22.9 Å². The van der Waals surface area contributed by atoms with Gasteiger partial charge in [0.05, 0.1) is 28.4 Å². The van der Waals surface area contributed by atoms with Crippen LogP contribution in [0.4, 0.5) is 0 Å². The van der Waals surface area contributed by atoms with Crippen LogP contribution in [0.15, 0.2) is 11.1 Å². The Bertz CT molecular complexity index is 656. The van der Waals surface area contributed by atoms with Gasteiger partial charge in [0.15, 0.2) is 9.84 Å². The number of aliphatic hydroxyl groups excluding tert-OH is 1. The Morgan fingerprint density at radius 3 is 2.55 bits per heavy atom. The average molecular weight is 317 g/mol. The summed E-state index contributed by atoms with van der Waals surface area (Å²) in [5.74, 6) is -1.54. The van der Waals surface area contributed by atoms with E-state index in [1.807, 2.05) is 0 Å². The van der Waals surface area contributed by atoms with Gasteiger partial charge in [0, 0.05) is 5.69 Å². The first-order chi connectivity index (χ1) is 9.19. The highest BCUT2D eigenvalue weighted by molar-refractivity contribution is 8.02. The quantitative estimate of drug-likeness (QED) is 0.843. The molecule has 2 N–H and O–H groups in total. The van der Waals surface area contributed by atoms with Gasteiger partial charge in [-0.15, -0.1) is 0 Å². The van der Waals surface area contributed by atoms with Gasteiger partial charge in [0.2, 0.25) is 0 Å². The van der Waals surface area contributed by atoms with Crippen LogP contribution in [-0.4, -0.2) is 52.4 Å². The molecule has 2 rings (SSSR count). The van der Waals surface area contributed by atoms with Crippen molar-refractivity contribution in [2.75, 3.05) is 11.5 Å². The number of aliphatic hydroxyl groups is 1. The smallest absolute Gasteiger partial charge is 0.338 e.